The number of nitrogens with zero attached hydrogens (tertiary/aromatic N) is 3. The summed E-state index contributed by atoms with van der Waals surface area (Å²) >= 11 is 0. The molecule has 4 atom stereocenters. The number of oxime groups is 1. The van der Waals surface area contributed by atoms with Crippen LogP contribution in [-0.2, 0) is 9.68 Å². The lowest BCUT2D eigenvalue weighted by molar-refractivity contribution is -0.786. The van der Waals surface area contributed by atoms with Crippen LogP contribution in [0.15, 0.2) is 40.5 Å². The van der Waals surface area contributed by atoms with Gasteiger partial charge in [0, 0.05) is 17.5 Å². The number of hydrogen-bond donors (Lipinski definition) is 2. The average Bonchev–Trinajstić information content (AvgIpc) is 2.96. The van der Waals surface area contributed by atoms with Gasteiger partial charge in [-0.1, -0.05) is 42.4 Å². The molecule has 0 aliphatic heterocycles. The predicted molar refractivity (Wildman–Crippen MR) is 110 cm³/mol. The lowest BCUT2D eigenvalue weighted by atomic mass is 9.59. The summed E-state index contributed by atoms with van der Waals surface area (Å²) in [5.41, 5.74) is 10.6. The third-order valence-electron chi connectivity index (χ3n) is 6.62. The van der Waals surface area contributed by atoms with Crippen LogP contribution in [0.1, 0.15) is 50.5 Å². The minimum absolute atomic E-state index is 0.0118. The van der Waals surface area contributed by atoms with Crippen LogP contribution in [0, 0.1) is 21.4 Å². The molecule has 2 fully saturated rings. The molecule has 0 heterocycles. The Morgan fingerprint density at radius 1 is 1.31 bits per heavy atom. The van der Waals surface area contributed by atoms with Gasteiger partial charge in [-0.15, -0.1) is 10.1 Å². The SMILES string of the molecule is C[C@]12CC[C@H](c3ccccc3)C[C@@]1(O[N+](=O)[O-])CC[C@@H]2C=NOCCN=C(N)N. The lowest BCUT2D eigenvalue weighted by Gasteiger charge is -2.50. The largest absolute Gasteiger partial charge is 0.394 e. The first-order chi connectivity index (χ1) is 13.9. The Morgan fingerprint density at radius 2 is 2.07 bits per heavy atom. The number of hydrogen-bond acceptors (Lipinski definition) is 6. The summed E-state index contributed by atoms with van der Waals surface area (Å²) in [6.45, 7) is 2.68. The number of nitrogens with two attached hydrogens (primary N) is 2. The van der Waals surface area contributed by atoms with Crippen LogP contribution < -0.4 is 11.5 Å². The van der Waals surface area contributed by atoms with Crippen LogP contribution in [0.3, 0.4) is 0 Å². The van der Waals surface area contributed by atoms with Crippen molar-refractivity contribution in [3.63, 3.8) is 0 Å². The van der Waals surface area contributed by atoms with E-state index in [9.17, 15) is 10.1 Å². The first kappa shape index (κ1) is 20.9. The number of fused-ring (bicyclic) bond motifs is 1. The van der Waals surface area contributed by atoms with Crippen LogP contribution in [0.4, 0.5) is 0 Å². The highest BCUT2D eigenvalue weighted by atomic mass is 17.0. The van der Waals surface area contributed by atoms with Crippen molar-refractivity contribution in [2.24, 2.45) is 32.9 Å². The van der Waals surface area contributed by atoms with Gasteiger partial charge in [0.2, 0.25) is 0 Å². The van der Waals surface area contributed by atoms with Crippen molar-refractivity contribution in [2.75, 3.05) is 13.2 Å². The first-order valence-electron chi connectivity index (χ1n) is 9.96. The minimum atomic E-state index is -0.815. The molecule has 0 amide bonds. The molecule has 2 aliphatic carbocycles. The molecule has 9 heteroatoms. The summed E-state index contributed by atoms with van der Waals surface area (Å²) in [4.78, 5) is 25.9. The fourth-order valence-electron chi connectivity index (χ4n) is 5.02. The number of rotatable bonds is 8. The Labute approximate surface area is 170 Å². The van der Waals surface area contributed by atoms with Crippen molar-refractivity contribution >= 4 is 12.2 Å². The maximum atomic E-state index is 11.4. The molecule has 0 radical (unpaired) electrons. The van der Waals surface area contributed by atoms with E-state index in [-0.39, 0.29) is 29.8 Å². The van der Waals surface area contributed by atoms with Gasteiger partial charge in [-0.3, -0.25) is 0 Å². The van der Waals surface area contributed by atoms with E-state index in [0.29, 0.717) is 19.4 Å². The van der Waals surface area contributed by atoms with Crippen LogP contribution in [0.5, 0.6) is 0 Å². The molecule has 0 spiro atoms. The van der Waals surface area contributed by atoms with Gasteiger partial charge in [0.15, 0.2) is 5.96 Å². The maximum Gasteiger partial charge on any atom is 0.295 e. The summed E-state index contributed by atoms with van der Waals surface area (Å²) in [7, 11) is 0. The van der Waals surface area contributed by atoms with E-state index in [1.54, 1.807) is 6.21 Å². The minimum Gasteiger partial charge on any atom is -0.394 e. The molecule has 3 rings (SSSR count). The fraction of sp³-hybridized carbons (Fsp3) is 0.600. The molecule has 158 valence electrons. The zero-order valence-corrected chi connectivity index (χ0v) is 16.7. The van der Waals surface area contributed by atoms with Gasteiger partial charge in [-0.2, -0.15) is 0 Å². The smallest absolute Gasteiger partial charge is 0.295 e. The van der Waals surface area contributed by atoms with Crippen LogP contribution in [0.25, 0.3) is 0 Å². The van der Waals surface area contributed by atoms with Crippen LogP contribution in [-0.4, -0.2) is 36.0 Å². The van der Waals surface area contributed by atoms with Gasteiger partial charge in [-0.25, -0.2) is 4.99 Å². The molecular formula is C20H29N5O4. The summed E-state index contributed by atoms with van der Waals surface area (Å²) in [5, 5.41) is 14.8. The molecule has 2 aliphatic rings. The molecule has 9 nitrogen and oxygen atoms in total. The predicted octanol–water partition coefficient (Wildman–Crippen LogP) is 2.59. The van der Waals surface area contributed by atoms with Gasteiger partial charge < -0.3 is 21.1 Å². The van der Waals surface area contributed by atoms with Crippen molar-refractivity contribution < 1.29 is 14.8 Å². The highest BCUT2D eigenvalue weighted by molar-refractivity contribution is 5.75. The van der Waals surface area contributed by atoms with Crippen molar-refractivity contribution in [3.05, 3.63) is 46.0 Å². The number of guanidine groups is 1. The van der Waals surface area contributed by atoms with Gasteiger partial charge in [0.1, 0.15) is 12.2 Å². The molecule has 2 saturated carbocycles. The van der Waals surface area contributed by atoms with Crippen LogP contribution >= 0.6 is 0 Å². The second-order valence-corrected chi connectivity index (χ2v) is 8.12. The quantitative estimate of drug-likeness (QED) is 0.225. The van der Waals surface area contributed by atoms with E-state index in [1.165, 1.54) is 5.56 Å². The molecule has 0 aromatic heterocycles. The molecule has 0 unspecified atom stereocenters. The Balaban J connectivity index is 1.73. The molecule has 1 aromatic rings. The third kappa shape index (κ3) is 4.44. The molecule has 1 aromatic carbocycles. The molecular weight excluding hydrogens is 374 g/mol. The zero-order chi connectivity index (χ0) is 20.9. The summed E-state index contributed by atoms with van der Waals surface area (Å²) < 4.78 is 0. The average molecular weight is 403 g/mol. The van der Waals surface area contributed by atoms with E-state index in [2.05, 4.69) is 29.2 Å². The standard InChI is InChI=1S/C20H29N5O4/c1-19-9-7-16(15-5-3-2-4-6-15)13-20(19,29-25(26)27)10-8-17(19)14-24-28-12-11-23-18(21)22/h2-6,14,16-17H,7-13H2,1H3,(H4,21,22,23)/t16-,17+,19+,20-/m0/s1. The van der Waals surface area contributed by atoms with E-state index in [1.807, 2.05) is 18.2 Å². The molecule has 0 saturated heterocycles. The number of aliphatic imine (C=N–C) groups is 1. The Hall–Kier alpha value is -2.84. The Kier molecular flexibility index (Phi) is 6.24. The third-order valence-corrected chi connectivity index (χ3v) is 6.62. The number of benzene rings is 1. The zero-order valence-electron chi connectivity index (χ0n) is 16.7. The van der Waals surface area contributed by atoms with E-state index in [4.69, 9.17) is 21.1 Å². The fourth-order valence-corrected chi connectivity index (χ4v) is 5.02. The normalized spacial score (nSPS) is 31.2. The molecule has 4 N–H and O–H groups in total. The molecule has 0 bridgehead atoms. The van der Waals surface area contributed by atoms with Gasteiger partial charge >= 0.3 is 0 Å². The Bertz CT molecular complexity index is 767. The van der Waals surface area contributed by atoms with E-state index >= 15 is 0 Å². The van der Waals surface area contributed by atoms with Crippen molar-refractivity contribution in [1.82, 2.24) is 0 Å². The van der Waals surface area contributed by atoms with Gasteiger partial charge in [0.25, 0.3) is 5.09 Å². The van der Waals surface area contributed by atoms with Crippen LogP contribution in [0.2, 0.25) is 0 Å². The topological polar surface area (TPSA) is 138 Å². The lowest BCUT2D eigenvalue weighted by Crippen LogP contribution is -2.52. The van der Waals surface area contributed by atoms with Crippen molar-refractivity contribution in [3.8, 4) is 0 Å². The highest BCUT2D eigenvalue weighted by Crippen LogP contribution is 2.62. The van der Waals surface area contributed by atoms with Crippen molar-refractivity contribution in [1.29, 1.82) is 0 Å². The maximum absolute atomic E-state index is 11.4. The molecule has 29 heavy (non-hydrogen) atoms. The van der Waals surface area contributed by atoms with E-state index in [0.717, 1.165) is 19.3 Å². The summed E-state index contributed by atoms with van der Waals surface area (Å²) in [6, 6.07) is 10.2. The summed E-state index contributed by atoms with van der Waals surface area (Å²) in [6.07, 6.45) is 5.57. The monoisotopic (exact) mass is 403 g/mol. The van der Waals surface area contributed by atoms with Crippen molar-refractivity contribution in [2.45, 2.75) is 50.5 Å². The van der Waals surface area contributed by atoms with Gasteiger partial charge in [0.05, 0.1) is 6.54 Å². The van der Waals surface area contributed by atoms with Gasteiger partial charge in [-0.05, 0) is 43.6 Å². The second-order valence-electron chi connectivity index (χ2n) is 8.12. The Morgan fingerprint density at radius 3 is 2.76 bits per heavy atom. The summed E-state index contributed by atoms with van der Waals surface area (Å²) in [5.74, 6) is 0.302. The first-order valence-corrected chi connectivity index (χ1v) is 9.96. The van der Waals surface area contributed by atoms with E-state index < -0.39 is 10.7 Å². The highest BCUT2D eigenvalue weighted by Gasteiger charge is 2.62. The second kappa shape index (κ2) is 8.67.